The Morgan fingerprint density at radius 1 is 1.47 bits per heavy atom. The SMILES string of the molecule is Cc1nn(Cc2ccc(Cl)s2)c(C)c1Br. The molecule has 0 fully saturated rings. The molecule has 0 unspecified atom stereocenters. The van der Waals surface area contributed by atoms with Crippen LogP contribution < -0.4 is 0 Å². The summed E-state index contributed by atoms with van der Waals surface area (Å²) in [5, 5.41) is 4.45. The number of halogens is 2. The van der Waals surface area contributed by atoms with Crippen molar-refractivity contribution in [2.45, 2.75) is 20.4 Å². The van der Waals surface area contributed by atoms with Crippen LogP contribution in [0.2, 0.25) is 4.34 Å². The normalized spacial score (nSPS) is 10.9. The van der Waals surface area contributed by atoms with Crippen LogP contribution in [0.5, 0.6) is 0 Å². The van der Waals surface area contributed by atoms with Crippen molar-refractivity contribution in [1.29, 1.82) is 0 Å². The van der Waals surface area contributed by atoms with E-state index >= 15 is 0 Å². The predicted molar refractivity (Wildman–Crippen MR) is 67.8 cm³/mol. The van der Waals surface area contributed by atoms with Crippen LogP contribution in [0.15, 0.2) is 16.6 Å². The van der Waals surface area contributed by atoms with Gasteiger partial charge in [-0.25, -0.2) is 0 Å². The van der Waals surface area contributed by atoms with Gasteiger partial charge in [0.2, 0.25) is 0 Å². The molecule has 2 heterocycles. The Morgan fingerprint density at radius 3 is 2.67 bits per heavy atom. The minimum atomic E-state index is 0.787. The lowest BCUT2D eigenvalue weighted by atomic mass is 10.4. The number of aryl methyl sites for hydroxylation is 1. The minimum Gasteiger partial charge on any atom is -0.263 e. The standard InChI is InChI=1S/C10H10BrClN2S/c1-6-10(11)7(2)14(13-6)5-8-3-4-9(12)15-8/h3-4H,5H2,1-2H3. The van der Waals surface area contributed by atoms with Crippen molar-refractivity contribution in [3.63, 3.8) is 0 Å². The van der Waals surface area contributed by atoms with Gasteiger partial charge in [-0.15, -0.1) is 11.3 Å². The summed E-state index contributed by atoms with van der Waals surface area (Å²) in [7, 11) is 0. The van der Waals surface area contributed by atoms with Crippen LogP contribution in [0.4, 0.5) is 0 Å². The molecule has 15 heavy (non-hydrogen) atoms. The lowest BCUT2D eigenvalue weighted by Crippen LogP contribution is -2.02. The molecule has 2 rings (SSSR count). The summed E-state index contributed by atoms with van der Waals surface area (Å²) < 4.78 is 3.90. The van der Waals surface area contributed by atoms with Crippen molar-refractivity contribution in [1.82, 2.24) is 9.78 Å². The smallest absolute Gasteiger partial charge is 0.0931 e. The summed E-state index contributed by atoms with van der Waals surface area (Å²) >= 11 is 11.0. The summed E-state index contributed by atoms with van der Waals surface area (Å²) in [6.45, 7) is 4.84. The van der Waals surface area contributed by atoms with E-state index in [2.05, 4.69) is 28.0 Å². The van der Waals surface area contributed by atoms with E-state index in [0.717, 1.165) is 26.7 Å². The summed E-state index contributed by atoms with van der Waals surface area (Å²) in [6, 6.07) is 3.96. The number of aromatic nitrogens is 2. The van der Waals surface area contributed by atoms with Crippen molar-refractivity contribution in [3.8, 4) is 0 Å². The largest absolute Gasteiger partial charge is 0.263 e. The second-order valence-electron chi connectivity index (χ2n) is 3.35. The highest BCUT2D eigenvalue weighted by atomic mass is 79.9. The molecular weight excluding hydrogens is 296 g/mol. The molecule has 0 amide bonds. The fourth-order valence-corrected chi connectivity index (χ4v) is 2.77. The number of nitrogens with zero attached hydrogens (tertiary/aromatic N) is 2. The Morgan fingerprint density at radius 2 is 2.20 bits per heavy atom. The summed E-state index contributed by atoms with van der Waals surface area (Å²) in [4.78, 5) is 1.22. The summed E-state index contributed by atoms with van der Waals surface area (Å²) in [6.07, 6.45) is 0. The topological polar surface area (TPSA) is 17.8 Å². The number of rotatable bonds is 2. The van der Waals surface area contributed by atoms with Crippen molar-refractivity contribution >= 4 is 38.9 Å². The van der Waals surface area contributed by atoms with Crippen LogP contribution in [0, 0.1) is 13.8 Å². The molecule has 0 aliphatic carbocycles. The average Bonchev–Trinajstić information content (AvgIpc) is 2.68. The van der Waals surface area contributed by atoms with E-state index in [4.69, 9.17) is 11.6 Å². The van der Waals surface area contributed by atoms with E-state index < -0.39 is 0 Å². The van der Waals surface area contributed by atoms with Gasteiger partial charge in [0.1, 0.15) is 0 Å². The van der Waals surface area contributed by atoms with Crippen molar-refractivity contribution in [2.75, 3.05) is 0 Å². The highest BCUT2D eigenvalue weighted by molar-refractivity contribution is 9.10. The monoisotopic (exact) mass is 304 g/mol. The molecule has 0 aliphatic heterocycles. The summed E-state index contributed by atoms with van der Waals surface area (Å²) in [5.74, 6) is 0. The van der Waals surface area contributed by atoms with Gasteiger partial charge < -0.3 is 0 Å². The maximum atomic E-state index is 5.88. The Kier molecular flexibility index (Phi) is 3.19. The highest BCUT2D eigenvalue weighted by Crippen LogP contribution is 2.25. The molecule has 0 atom stereocenters. The quantitative estimate of drug-likeness (QED) is 0.819. The molecule has 0 radical (unpaired) electrons. The maximum Gasteiger partial charge on any atom is 0.0931 e. The first kappa shape index (κ1) is 11.2. The first-order valence-corrected chi connectivity index (χ1v) is 6.50. The molecular formula is C10H10BrClN2S. The van der Waals surface area contributed by atoms with E-state index in [9.17, 15) is 0 Å². The van der Waals surface area contributed by atoms with E-state index in [1.165, 1.54) is 4.88 Å². The molecule has 0 saturated carbocycles. The second kappa shape index (κ2) is 4.28. The van der Waals surface area contributed by atoms with Crippen LogP contribution in [0.25, 0.3) is 0 Å². The van der Waals surface area contributed by atoms with Crippen LogP contribution >= 0.6 is 38.9 Å². The van der Waals surface area contributed by atoms with Gasteiger partial charge in [0, 0.05) is 4.88 Å². The minimum absolute atomic E-state index is 0.787. The first-order chi connectivity index (χ1) is 7.08. The lowest BCUT2D eigenvalue weighted by Gasteiger charge is -2.01. The van der Waals surface area contributed by atoms with Gasteiger partial charge >= 0.3 is 0 Å². The zero-order chi connectivity index (χ0) is 11.0. The molecule has 0 aliphatic rings. The van der Waals surface area contributed by atoms with Gasteiger partial charge in [-0.2, -0.15) is 5.10 Å². The van der Waals surface area contributed by atoms with E-state index in [1.807, 2.05) is 23.7 Å². The van der Waals surface area contributed by atoms with Crippen molar-refractivity contribution < 1.29 is 0 Å². The van der Waals surface area contributed by atoms with Crippen LogP contribution in [0.3, 0.4) is 0 Å². The maximum absolute atomic E-state index is 5.88. The van der Waals surface area contributed by atoms with Gasteiger partial charge in [0.15, 0.2) is 0 Å². The van der Waals surface area contributed by atoms with Gasteiger partial charge in [0.05, 0.1) is 26.7 Å². The Balaban J connectivity index is 2.28. The zero-order valence-corrected chi connectivity index (χ0v) is 11.6. The van der Waals surface area contributed by atoms with Crippen LogP contribution in [-0.2, 0) is 6.54 Å². The molecule has 0 spiro atoms. The van der Waals surface area contributed by atoms with Gasteiger partial charge in [-0.3, -0.25) is 4.68 Å². The van der Waals surface area contributed by atoms with E-state index in [0.29, 0.717) is 0 Å². The second-order valence-corrected chi connectivity index (χ2v) is 5.94. The fraction of sp³-hybridized carbons (Fsp3) is 0.300. The van der Waals surface area contributed by atoms with Crippen molar-refractivity contribution in [2.24, 2.45) is 0 Å². The number of hydrogen-bond donors (Lipinski definition) is 0. The average molecular weight is 306 g/mol. The first-order valence-electron chi connectivity index (χ1n) is 4.51. The predicted octanol–water partition coefficient (Wildman–Crippen LogP) is 4.03. The molecule has 0 bridgehead atoms. The Hall–Kier alpha value is -0.320. The fourth-order valence-electron chi connectivity index (χ4n) is 1.41. The highest BCUT2D eigenvalue weighted by Gasteiger charge is 2.09. The van der Waals surface area contributed by atoms with Crippen LogP contribution in [-0.4, -0.2) is 9.78 Å². The van der Waals surface area contributed by atoms with Gasteiger partial charge in [-0.05, 0) is 41.9 Å². The molecule has 2 aromatic heterocycles. The van der Waals surface area contributed by atoms with Gasteiger partial charge in [0.25, 0.3) is 0 Å². The molecule has 0 aromatic carbocycles. The molecule has 0 N–H and O–H groups in total. The molecule has 2 aromatic rings. The van der Waals surface area contributed by atoms with Crippen molar-refractivity contribution in [3.05, 3.63) is 37.2 Å². The molecule has 5 heteroatoms. The zero-order valence-electron chi connectivity index (χ0n) is 8.42. The molecule has 2 nitrogen and oxygen atoms in total. The Bertz CT molecular complexity index is 490. The van der Waals surface area contributed by atoms with E-state index in [1.54, 1.807) is 11.3 Å². The number of thiophene rings is 1. The number of hydrogen-bond acceptors (Lipinski definition) is 2. The summed E-state index contributed by atoms with van der Waals surface area (Å²) in [5.41, 5.74) is 2.17. The molecule has 0 saturated heterocycles. The Labute approximate surface area is 106 Å². The lowest BCUT2D eigenvalue weighted by molar-refractivity contribution is 0.665. The third-order valence-electron chi connectivity index (χ3n) is 2.23. The van der Waals surface area contributed by atoms with Gasteiger partial charge in [-0.1, -0.05) is 11.6 Å². The third kappa shape index (κ3) is 2.27. The third-order valence-corrected chi connectivity index (χ3v) is 4.59. The van der Waals surface area contributed by atoms with Crippen LogP contribution in [0.1, 0.15) is 16.3 Å². The van der Waals surface area contributed by atoms with E-state index in [-0.39, 0.29) is 0 Å². The molecule has 80 valence electrons.